The van der Waals surface area contributed by atoms with Crippen molar-refractivity contribution in [1.82, 2.24) is 31.9 Å². The predicted octanol–water partition coefficient (Wildman–Crippen LogP) is 2.69. The molecule has 2 atom stereocenters. The van der Waals surface area contributed by atoms with Gasteiger partial charge in [-0.3, -0.25) is 0 Å². The van der Waals surface area contributed by atoms with Gasteiger partial charge in [-0.25, -0.2) is 0 Å². The highest BCUT2D eigenvalue weighted by Gasteiger charge is 2.13. The van der Waals surface area contributed by atoms with Gasteiger partial charge in [-0.05, 0) is 140 Å². The Morgan fingerprint density at radius 1 is 0.389 bits per heavy atom. The topological polar surface area (TPSA) is 72.2 Å². The highest BCUT2D eigenvalue weighted by molar-refractivity contribution is 5.23. The van der Waals surface area contributed by atoms with Crippen LogP contribution >= 0.6 is 0 Å². The first-order valence-corrected chi connectivity index (χ1v) is 15.2. The molecule has 206 valence electrons. The van der Waals surface area contributed by atoms with Crippen molar-refractivity contribution in [1.29, 1.82) is 0 Å². The number of nitrogens with one attached hydrogen (secondary N) is 6. The lowest BCUT2D eigenvalue weighted by atomic mass is 9.89. The summed E-state index contributed by atoms with van der Waals surface area (Å²) >= 11 is 0. The van der Waals surface area contributed by atoms with Crippen LogP contribution in [0.5, 0.6) is 0 Å². The lowest BCUT2D eigenvalue weighted by Gasteiger charge is -2.20. The summed E-state index contributed by atoms with van der Waals surface area (Å²) in [6, 6.07) is 9.70. The quantitative estimate of drug-likeness (QED) is 0.382. The van der Waals surface area contributed by atoms with Crippen LogP contribution in [-0.4, -0.2) is 78.5 Å². The van der Waals surface area contributed by atoms with Crippen LogP contribution in [0.2, 0.25) is 0 Å². The van der Waals surface area contributed by atoms with Gasteiger partial charge in [0.05, 0.1) is 0 Å². The van der Waals surface area contributed by atoms with Gasteiger partial charge >= 0.3 is 0 Å². The lowest BCUT2D eigenvalue weighted by Crippen LogP contribution is -2.31. The van der Waals surface area contributed by atoms with Gasteiger partial charge in [-0.1, -0.05) is 24.3 Å². The molecule has 0 spiro atoms. The van der Waals surface area contributed by atoms with Crippen molar-refractivity contribution in [3.05, 3.63) is 35.4 Å². The Morgan fingerprint density at radius 3 is 1.11 bits per heavy atom. The Hall–Kier alpha value is -1.02. The summed E-state index contributed by atoms with van der Waals surface area (Å²) in [6.45, 7) is 13.4. The van der Waals surface area contributed by atoms with Gasteiger partial charge in [0.1, 0.15) is 0 Å². The second-order valence-electron chi connectivity index (χ2n) is 11.0. The largest absolute Gasteiger partial charge is 0.317 e. The molecule has 0 aliphatic carbocycles. The molecular formula is C30H56N6. The van der Waals surface area contributed by atoms with Crippen molar-refractivity contribution in [2.45, 2.75) is 64.2 Å². The molecule has 1 aromatic carbocycles. The maximum Gasteiger partial charge on any atom is 0.00767 e. The molecule has 0 radical (unpaired) electrons. The Balaban J connectivity index is 1.45. The maximum absolute atomic E-state index is 3.67. The fraction of sp³-hybridized carbons (Fsp3) is 0.800. The fourth-order valence-corrected chi connectivity index (χ4v) is 5.60. The van der Waals surface area contributed by atoms with E-state index in [2.05, 4.69) is 56.2 Å². The number of benzene rings is 1. The minimum atomic E-state index is 0.777. The van der Waals surface area contributed by atoms with Crippen LogP contribution in [0.15, 0.2) is 24.3 Å². The van der Waals surface area contributed by atoms with Crippen LogP contribution in [0, 0.1) is 11.8 Å². The first-order chi connectivity index (χ1) is 17.9. The van der Waals surface area contributed by atoms with Crippen LogP contribution in [0.25, 0.3) is 0 Å². The minimum absolute atomic E-state index is 0.777. The highest BCUT2D eigenvalue weighted by atomic mass is 14.9. The van der Waals surface area contributed by atoms with Crippen LogP contribution in [0.1, 0.15) is 62.5 Å². The van der Waals surface area contributed by atoms with Crippen molar-refractivity contribution in [2.75, 3.05) is 78.5 Å². The van der Waals surface area contributed by atoms with Crippen LogP contribution in [0.3, 0.4) is 0 Å². The Labute approximate surface area is 221 Å². The fourth-order valence-electron chi connectivity index (χ4n) is 5.60. The zero-order valence-electron chi connectivity index (χ0n) is 23.0. The molecule has 6 nitrogen and oxygen atoms in total. The van der Waals surface area contributed by atoms with E-state index in [4.69, 9.17) is 0 Å². The Bertz CT molecular complexity index is 554. The molecule has 0 bridgehead atoms. The molecule has 3 rings (SSSR count). The Morgan fingerprint density at radius 2 is 0.722 bits per heavy atom. The summed E-state index contributed by atoms with van der Waals surface area (Å²) in [6.07, 6.45) is 12.7. The predicted molar refractivity (Wildman–Crippen MR) is 155 cm³/mol. The zero-order chi connectivity index (χ0) is 24.9. The van der Waals surface area contributed by atoms with Crippen molar-refractivity contribution < 1.29 is 0 Å². The lowest BCUT2D eigenvalue weighted by molar-refractivity contribution is 0.407. The van der Waals surface area contributed by atoms with Gasteiger partial charge in [-0.15, -0.1) is 0 Å². The molecular weight excluding hydrogens is 444 g/mol. The molecule has 6 heteroatoms. The van der Waals surface area contributed by atoms with Gasteiger partial charge in [0.2, 0.25) is 0 Å². The van der Waals surface area contributed by atoms with E-state index in [1.54, 1.807) is 0 Å². The number of hydrogen-bond donors (Lipinski definition) is 6. The van der Waals surface area contributed by atoms with Gasteiger partial charge in [-0.2, -0.15) is 0 Å². The van der Waals surface area contributed by atoms with E-state index in [0.29, 0.717) is 0 Å². The molecule has 2 unspecified atom stereocenters. The summed E-state index contributed by atoms with van der Waals surface area (Å²) in [7, 11) is 0. The molecule has 2 aliphatic heterocycles. The van der Waals surface area contributed by atoms with E-state index < -0.39 is 0 Å². The third-order valence-electron chi connectivity index (χ3n) is 7.83. The molecule has 1 aromatic rings. The van der Waals surface area contributed by atoms with E-state index in [1.165, 1.54) is 75.3 Å². The molecule has 36 heavy (non-hydrogen) atoms. The summed E-state index contributed by atoms with van der Waals surface area (Å²) < 4.78 is 0. The monoisotopic (exact) mass is 500 g/mol. The molecule has 2 fully saturated rings. The smallest absolute Gasteiger partial charge is 0.00767 e. The molecule has 6 N–H and O–H groups in total. The van der Waals surface area contributed by atoms with E-state index in [1.807, 2.05) is 0 Å². The highest BCUT2D eigenvalue weighted by Crippen LogP contribution is 2.21. The van der Waals surface area contributed by atoms with Gasteiger partial charge in [0.25, 0.3) is 0 Å². The third-order valence-corrected chi connectivity index (χ3v) is 7.83. The minimum Gasteiger partial charge on any atom is -0.317 e. The Kier molecular flexibility index (Phi) is 16.4. The summed E-state index contributed by atoms with van der Waals surface area (Å²) in [4.78, 5) is 0. The SMILES string of the molecule is c1cc(CC2CCCNCCNCCCNCC2)ccc1CC1CCCNCCNCCCNCC1. The van der Waals surface area contributed by atoms with Crippen LogP contribution in [0.4, 0.5) is 0 Å². The van der Waals surface area contributed by atoms with E-state index >= 15 is 0 Å². The third kappa shape index (κ3) is 14.1. The molecule has 0 saturated carbocycles. The van der Waals surface area contributed by atoms with Gasteiger partial charge in [0.15, 0.2) is 0 Å². The standard InChI is InChI=1S/C30H56N6/c1-5-27(11-19-31-15-3-17-35-23-21-33-13-1)25-29-7-9-30(10-8-29)26-28-6-2-14-34-22-24-36-18-4-16-32-20-12-28/h7-10,27-28,31-36H,1-6,11-26H2. The first kappa shape index (κ1) is 29.5. The second kappa shape index (κ2) is 20.0. The van der Waals surface area contributed by atoms with Crippen LogP contribution in [-0.2, 0) is 12.8 Å². The van der Waals surface area contributed by atoms with Crippen molar-refractivity contribution in [3.63, 3.8) is 0 Å². The van der Waals surface area contributed by atoms with E-state index in [9.17, 15) is 0 Å². The second-order valence-corrected chi connectivity index (χ2v) is 11.0. The summed E-state index contributed by atoms with van der Waals surface area (Å²) in [5.74, 6) is 1.55. The molecule has 2 saturated heterocycles. The van der Waals surface area contributed by atoms with Crippen LogP contribution < -0.4 is 31.9 Å². The van der Waals surface area contributed by atoms with E-state index in [-0.39, 0.29) is 0 Å². The maximum atomic E-state index is 3.67. The van der Waals surface area contributed by atoms with Crippen molar-refractivity contribution in [2.24, 2.45) is 11.8 Å². The van der Waals surface area contributed by atoms with Crippen molar-refractivity contribution in [3.8, 4) is 0 Å². The molecule has 0 aromatic heterocycles. The number of hydrogen-bond acceptors (Lipinski definition) is 6. The summed E-state index contributed by atoms with van der Waals surface area (Å²) in [5.41, 5.74) is 3.04. The normalized spacial score (nSPS) is 25.9. The average Bonchev–Trinajstić information content (AvgIpc) is 2.89. The molecule has 0 amide bonds. The molecule has 2 heterocycles. The average molecular weight is 501 g/mol. The van der Waals surface area contributed by atoms with E-state index in [0.717, 1.165) is 90.4 Å². The molecule has 2 aliphatic rings. The number of rotatable bonds is 4. The zero-order valence-corrected chi connectivity index (χ0v) is 23.0. The summed E-state index contributed by atoms with van der Waals surface area (Å²) in [5, 5.41) is 21.6. The van der Waals surface area contributed by atoms with Gasteiger partial charge < -0.3 is 31.9 Å². The first-order valence-electron chi connectivity index (χ1n) is 15.2. The van der Waals surface area contributed by atoms with Crippen molar-refractivity contribution >= 4 is 0 Å². The van der Waals surface area contributed by atoms with Gasteiger partial charge in [0, 0.05) is 26.2 Å².